The normalized spacial score (nSPS) is 22.9. The van der Waals surface area contributed by atoms with Gasteiger partial charge in [-0.2, -0.15) is 0 Å². The summed E-state index contributed by atoms with van der Waals surface area (Å²) in [6.45, 7) is 0. The number of allylic oxidation sites excluding steroid dienone is 10. The molecule has 0 aromatic heterocycles. The second-order valence-electron chi connectivity index (χ2n) is 2.40. The smallest absolute Gasteiger partial charge is 0.0115 e. The molecule has 0 saturated carbocycles. The first-order valence-corrected chi connectivity index (χ1v) is 4.32. The Morgan fingerprint density at radius 3 is 1.50 bits per heavy atom. The molecule has 14 heavy (non-hydrogen) atoms. The zero-order valence-corrected chi connectivity index (χ0v) is 7.77. The van der Waals surface area contributed by atoms with E-state index in [1.54, 1.807) is 24.3 Å². The van der Waals surface area contributed by atoms with Crippen molar-refractivity contribution in [2.24, 2.45) is 0 Å². The van der Waals surface area contributed by atoms with Crippen molar-refractivity contribution in [3.8, 4) is 11.8 Å². The largest absolute Gasteiger partial charge is 0.0702 e. The molecule has 0 radical (unpaired) electrons. The Kier molecular flexibility index (Phi) is 5.28. The second kappa shape index (κ2) is 7.47. The van der Waals surface area contributed by atoms with Gasteiger partial charge in [-0.05, 0) is 24.3 Å². The van der Waals surface area contributed by atoms with Crippen molar-refractivity contribution in [3.63, 3.8) is 0 Å². The third kappa shape index (κ3) is 5.47. The van der Waals surface area contributed by atoms with Gasteiger partial charge in [-0.1, -0.05) is 59.8 Å². The summed E-state index contributed by atoms with van der Waals surface area (Å²) in [4.78, 5) is 0. The van der Waals surface area contributed by atoms with Gasteiger partial charge < -0.3 is 0 Å². The first kappa shape index (κ1) is 9.90. The molecule has 0 unspecified atom stereocenters. The highest BCUT2D eigenvalue weighted by Gasteiger charge is 1.62. The average Bonchev–Trinajstić information content (AvgIpc) is 2.22. The molecule has 0 saturated heterocycles. The highest BCUT2D eigenvalue weighted by atomic mass is 13.7. The molecular weight excluding hydrogens is 168 g/mol. The molecule has 0 atom stereocenters. The van der Waals surface area contributed by atoms with Gasteiger partial charge in [0, 0.05) is 0 Å². The highest BCUT2D eigenvalue weighted by molar-refractivity contribution is 5.28. The lowest BCUT2D eigenvalue weighted by atomic mass is 10.4. The van der Waals surface area contributed by atoms with E-state index in [-0.39, 0.29) is 0 Å². The van der Waals surface area contributed by atoms with Crippen molar-refractivity contribution >= 4 is 0 Å². The fourth-order valence-corrected chi connectivity index (χ4v) is 0.735. The zero-order valence-electron chi connectivity index (χ0n) is 7.77. The molecule has 1 aliphatic rings. The topological polar surface area (TPSA) is 0 Å². The lowest BCUT2D eigenvalue weighted by Gasteiger charge is -1.71. The van der Waals surface area contributed by atoms with Gasteiger partial charge in [-0.15, -0.1) is 0 Å². The van der Waals surface area contributed by atoms with Gasteiger partial charge in [0.15, 0.2) is 0 Å². The average molecular weight is 178 g/mol. The summed E-state index contributed by atoms with van der Waals surface area (Å²) in [5, 5.41) is 0. The van der Waals surface area contributed by atoms with Gasteiger partial charge >= 0.3 is 0 Å². The second-order valence-corrected chi connectivity index (χ2v) is 2.40. The number of hydrogen-bond donors (Lipinski definition) is 0. The maximum Gasteiger partial charge on any atom is -0.0115 e. The van der Waals surface area contributed by atoms with Crippen LogP contribution in [0.5, 0.6) is 0 Å². The predicted molar refractivity (Wildman–Crippen MR) is 60.5 cm³/mol. The summed E-state index contributed by atoms with van der Waals surface area (Å²) in [7, 11) is 0. The molecule has 0 heteroatoms. The molecule has 0 aromatic rings. The molecule has 1 rings (SSSR count). The maximum atomic E-state index is 2.88. The van der Waals surface area contributed by atoms with E-state index in [4.69, 9.17) is 0 Å². The number of rotatable bonds is 0. The van der Waals surface area contributed by atoms with Crippen molar-refractivity contribution in [2.75, 3.05) is 0 Å². The van der Waals surface area contributed by atoms with Crippen molar-refractivity contribution in [3.05, 3.63) is 72.2 Å². The summed E-state index contributed by atoms with van der Waals surface area (Å²) in [5.74, 6) is 5.75. The molecule has 0 fully saturated rings. The van der Waals surface area contributed by atoms with E-state index in [0.29, 0.717) is 0 Å². The minimum Gasteiger partial charge on any atom is -0.0702 e. The Morgan fingerprint density at radius 1 is 0.500 bits per heavy atom. The molecule has 66 valence electrons. The van der Waals surface area contributed by atoms with E-state index in [1.807, 2.05) is 36.5 Å². The standard InChI is InChI=1S/C14H10/c1-2-4-6-8-10-12-14-13-11-9-7-5-3-1/h1-5,10-14H/b2-1+,3-1?,4-2?,5-3-,12-10?,13-11-,14-12+,14-13?. The quantitative estimate of drug-likeness (QED) is 0.395. The van der Waals surface area contributed by atoms with E-state index in [9.17, 15) is 0 Å². The molecule has 0 N–H and O–H groups in total. The first-order valence-electron chi connectivity index (χ1n) is 4.32. The Bertz CT molecular complexity index is 390. The maximum absolute atomic E-state index is 2.88. The Labute approximate surface area is 84.6 Å². The van der Waals surface area contributed by atoms with Crippen molar-refractivity contribution in [1.82, 2.24) is 0 Å². The third-order valence-corrected chi connectivity index (χ3v) is 1.33. The Balaban J connectivity index is 2.87. The molecule has 0 heterocycles. The third-order valence-electron chi connectivity index (χ3n) is 1.33. The molecule has 0 amide bonds. The van der Waals surface area contributed by atoms with Crippen LogP contribution in [0.3, 0.4) is 0 Å². The molecule has 0 bridgehead atoms. The van der Waals surface area contributed by atoms with Crippen molar-refractivity contribution in [2.45, 2.75) is 0 Å². The minimum atomic E-state index is 1.80. The SMILES string of the molecule is C1=C=C/C=C/C=C\C#C/C=C\C=C\C=1. The first-order chi connectivity index (χ1) is 7.00. The molecule has 1 aliphatic carbocycles. The predicted octanol–water partition coefficient (Wildman–Crippen LogP) is 3.09. The Morgan fingerprint density at radius 2 is 1.00 bits per heavy atom. The van der Waals surface area contributed by atoms with Gasteiger partial charge in [0.1, 0.15) is 0 Å². The fraction of sp³-hybridized carbons (Fsp3) is 0. The summed E-state index contributed by atoms with van der Waals surface area (Å²) in [6.07, 6.45) is 18.5. The molecule has 0 aromatic carbocycles. The number of hydrogen-bond acceptors (Lipinski definition) is 0. The van der Waals surface area contributed by atoms with E-state index in [2.05, 4.69) is 23.3 Å². The van der Waals surface area contributed by atoms with Crippen LogP contribution in [0.25, 0.3) is 0 Å². The van der Waals surface area contributed by atoms with Crippen LogP contribution in [-0.2, 0) is 0 Å². The lowest BCUT2D eigenvalue weighted by molar-refractivity contribution is 1.89. The molecule has 0 aliphatic heterocycles. The van der Waals surface area contributed by atoms with Crippen LogP contribution in [0.2, 0.25) is 0 Å². The van der Waals surface area contributed by atoms with Gasteiger partial charge in [0.25, 0.3) is 0 Å². The Hall–Kier alpha value is -2.18. The summed E-state index contributed by atoms with van der Waals surface area (Å²) in [5.41, 5.74) is 5.75. The van der Waals surface area contributed by atoms with E-state index >= 15 is 0 Å². The van der Waals surface area contributed by atoms with Crippen LogP contribution in [0, 0.1) is 11.8 Å². The van der Waals surface area contributed by atoms with Crippen LogP contribution >= 0.6 is 0 Å². The van der Waals surface area contributed by atoms with Crippen LogP contribution in [0.1, 0.15) is 0 Å². The highest BCUT2D eigenvalue weighted by Crippen LogP contribution is 1.81. The van der Waals surface area contributed by atoms with Crippen LogP contribution < -0.4 is 0 Å². The van der Waals surface area contributed by atoms with Crippen molar-refractivity contribution < 1.29 is 0 Å². The van der Waals surface area contributed by atoms with Gasteiger partial charge in [-0.3, -0.25) is 0 Å². The summed E-state index contributed by atoms with van der Waals surface area (Å²) >= 11 is 0. The van der Waals surface area contributed by atoms with Crippen LogP contribution in [0.15, 0.2) is 72.2 Å². The van der Waals surface area contributed by atoms with E-state index in [0.717, 1.165) is 0 Å². The van der Waals surface area contributed by atoms with E-state index in [1.165, 1.54) is 0 Å². The molecular formula is C14H10. The minimum absolute atomic E-state index is 1.80. The summed E-state index contributed by atoms with van der Waals surface area (Å²) in [6, 6.07) is 0. The van der Waals surface area contributed by atoms with Crippen molar-refractivity contribution in [1.29, 1.82) is 0 Å². The van der Waals surface area contributed by atoms with Crippen LogP contribution in [0.4, 0.5) is 0 Å². The van der Waals surface area contributed by atoms with Crippen LogP contribution in [-0.4, -0.2) is 0 Å². The van der Waals surface area contributed by atoms with Gasteiger partial charge in [-0.25, -0.2) is 0 Å². The van der Waals surface area contributed by atoms with Gasteiger partial charge in [0.05, 0.1) is 0 Å². The van der Waals surface area contributed by atoms with E-state index < -0.39 is 0 Å². The van der Waals surface area contributed by atoms with Gasteiger partial charge in [0.2, 0.25) is 0 Å². The fourth-order valence-electron chi connectivity index (χ4n) is 0.735. The zero-order chi connectivity index (χ0) is 9.90. The summed E-state index contributed by atoms with van der Waals surface area (Å²) < 4.78 is 0. The molecule has 0 nitrogen and oxygen atoms in total. The lowest BCUT2D eigenvalue weighted by Crippen LogP contribution is -1.53. The monoisotopic (exact) mass is 178 g/mol. The molecule has 0 spiro atoms.